The SMILES string of the molecule is C[C@@H]1CN(S(=O)(=O)c2ccc(C(=O)N(CC(F)(F)F)[C@H](C)C3CC3)cc2)C[C@@H](C)O1. The van der Waals surface area contributed by atoms with Gasteiger partial charge in [0, 0.05) is 24.7 Å². The molecule has 1 saturated heterocycles. The molecule has 1 aromatic rings. The average Bonchev–Trinajstić information content (AvgIpc) is 3.49. The standard InChI is InChI=1S/C20H27F3N2O4S/c1-13-10-24(11-14(2)29-13)30(27,28)18-8-6-17(7-9-18)19(26)25(12-20(21,22)23)15(3)16-4-5-16/h6-9,13-16H,4-5,10-12H2,1-3H3/t13-,14-,15-/m1/s1. The first-order chi connectivity index (χ1) is 13.9. The van der Waals surface area contributed by atoms with Crippen LogP contribution in [-0.4, -0.2) is 67.6 Å². The first kappa shape index (κ1) is 23.0. The second-order valence-electron chi connectivity index (χ2n) is 8.23. The number of hydrogen-bond donors (Lipinski definition) is 0. The fraction of sp³-hybridized carbons (Fsp3) is 0.650. The molecule has 168 valence electrons. The fourth-order valence-electron chi connectivity index (χ4n) is 3.84. The summed E-state index contributed by atoms with van der Waals surface area (Å²) < 4.78 is 71.8. The Hall–Kier alpha value is -1.65. The van der Waals surface area contributed by atoms with E-state index in [1.165, 1.54) is 28.6 Å². The van der Waals surface area contributed by atoms with Crippen molar-refractivity contribution < 1.29 is 31.1 Å². The zero-order valence-corrected chi connectivity index (χ0v) is 18.0. The molecule has 1 aliphatic carbocycles. The zero-order chi connectivity index (χ0) is 22.3. The molecule has 1 aromatic carbocycles. The molecule has 0 unspecified atom stereocenters. The number of halogens is 3. The van der Waals surface area contributed by atoms with Gasteiger partial charge in [-0.25, -0.2) is 8.42 Å². The lowest BCUT2D eigenvalue weighted by molar-refractivity contribution is -0.144. The highest BCUT2D eigenvalue weighted by atomic mass is 32.2. The van der Waals surface area contributed by atoms with Crippen LogP contribution >= 0.6 is 0 Å². The van der Waals surface area contributed by atoms with Gasteiger partial charge < -0.3 is 9.64 Å². The molecule has 3 rings (SSSR count). The summed E-state index contributed by atoms with van der Waals surface area (Å²) in [5.74, 6) is -0.675. The predicted octanol–water partition coefficient (Wildman–Crippen LogP) is 3.29. The van der Waals surface area contributed by atoms with Gasteiger partial charge in [0.2, 0.25) is 10.0 Å². The number of sulfonamides is 1. The van der Waals surface area contributed by atoms with Gasteiger partial charge in [-0.15, -0.1) is 0 Å². The van der Waals surface area contributed by atoms with E-state index in [1.54, 1.807) is 20.8 Å². The van der Waals surface area contributed by atoms with Crippen LogP contribution in [0.25, 0.3) is 0 Å². The van der Waals surface area contributed by atoms with Crippen molar-refractivity contribution in [2.24, 2.45) is 5.92 Å². The Balaban J connectivity index is 1.80. The van der Waals surface area contributed by atoms with Crippen molar-refractivity contribution in [3.05, 3.63) is 29.8 Å². The van der Waals surface area contributed by atoms with Crippen LogP contribution in [0.4, 0.5) is 13.2 Å². The van der Waals surface area contributed by atoms with Crippen molar-refractivity contribution >= 4 is 15.9 Å². The fourth-order valence-corrected chi connectivity index (χ4v) is 5.43. The highest BCUT2D eigenvalue weighted by molar-refractivity contribution is 7.89. The lowest BCUT2D eigenvalue weighted by Crippen LogP contribution is -2.48. The monoisotopic (exact) mass is 448 g/mol. The van der Waals surface area contributed by atoms with Crippen LogP contribution in [0.1, 0.15) is 44.0 Å². The molecule has 6 nitrogen and oxygen atoms in total. The Kier molecular flexibility index (Phi) is 6.50. The summed E-state index contributed by atoms with van der Waals surface area (Å²) in [6.45, 7) is 4.30. The van der Waals surface area contributed by atoms with E-state index in [-0.39, 0.29) is 41.7 Å². The Labute approximate surface area is 175 Å². The molecular formula is C20H27F3N2O4S. The van der Waals surface area contributed by atoms with Crippen molar-refractivity contribution in [2.45, 2.75) is 62.9 Å². The maximum atomic E-state index is 13.0. The van der Waals surface area contributed by atoms with Gasteiger partial charge in [0.05, 0.1) is 17.1 Å². The van der Waals surface area contributed by atoms with Crippen LogP contribution in [0.3, 0.4) is 0 Å². The topological polar surface area (TPSA) is 66.9 Å². The summed E-state index contributed by atoms with van der Waals surface area (Å²) in [5.41, 5.74) is 0.0365. The molecule has 0 spiro atoms. The van der Waals surface area contributed by atoms with Gasteiger partial charge in [-0.2, -0.15) is 17.5 Å². The number of carbonyl (C=O) groups is 1. The Morgan fingerprint density at radius 2 is 1.70 bits per heavy atom. The van der Waals surface area contributed by atoms with E-state index >= 15 is 0 Å². The molecule has 2 aliphatic rings. The molecule has 0 radical (unpaired) electrons. The lowest BCUT2D eigenvalue weighted by Gasteiger charge is -2.34. The minimum Gasteiger partial charge on any atom is -0.373 e. The number of benzene rings is 1. The molecule has 3 atom stereocenters. The summed E-state index contributed by atoms with van der Waals surface area (Å²) in [4.78, 5) is 13.6. The number of hydrogen-bond acceptors (Lipinski definition) is 4. The van der Waals surface area contributed by atoms with Crippen LogP contribution in [0.5, 0.6) is 0 Å². The third-order valence-corrected chi connectivity index (χ3v) is 7.38. The third kappa shape index (κ3) is 5.33. The van der Waals surface area contributed by atoms with E-state index in [4.69, 9.17) is 4.74 Å². The van der Waals surface area contributed by atoms with E-state index in [0.717, 1.165) is 17.7 Å². The average molecular weight is 449 g/mol. The molecule has 0 bridgehead atoms. The molecule has 0 N–H and O–H groups in total. The molecule has 1 saturated carbocycles. The molecule has 1 heterocycles. The largest absolute Gasteiger partial charge is 0.406 e. The minimum atomic E-state index is -4.51. The van der Waals surface area contributed by atoms with Crippen molar-refractivity contribution in [3.63, 3.8) is 0 Å². The third-order valence-electron chi connectivity index (χ3n) is 5.53. The maximum Gasteiger partial charge on any atom is 0.406 e. The maximum absolute atomic E-state index is 13.0. The van der Waals surface area contributed by atoms with Crippen molar-refractivity contribution in [1.82, 2.24) is 9.21 Å². The van der Waals surface area contributed by atoms with Gasteiger partial charge in [-0.05, 0) is 63.8 Å². The molecule has 1 aliphatic heterocycles. The van der Waals surface area contributed by atoms with Crippen molar-refractivity contribution in [3.8, 4) is 0 Å². The summed E-state index contributed by atoms with van der Waals surface area (Å²) in [7, 11) is -3.79. The van der Waals surface area contributed by atoms with E-state index in [0.29, 0.717) is 0 Å². The Morgan fingerprint density at radius 3 is 2.17 bits per heavy atom. The second-order valence-corrected chi connectivity index (χ2v) is 10.2. The smallest absolute Gasteiger partial charge is 0.373 e. The second kappa shape index (κ2) is 8.47. The molecule has 2 fully saturated rings. The molecule has 30 heavy (non-hydrogen) atoms. The summed E-state index contributed by atoms with van der Waals surface area (Å²) >= 11 is 0. The van der Waals surface area contributed by atoms with Gasteiger partial charge in [-0.1, -0.05) is 0 Å². The quantitative estimate of drug-likeness (QED) is 0.670. The number of amides is 1. The molecular weight excluding hydrogens is 421 g/mol. The van der Waals surface area contributed by atoms with E-state index in [1.807, 2.05) is 0 Å². The molecule has 1 amide bonds. The van der Waals surface area contributed by atoms with E-state index in [2.05, 4.69) is 0 Å². The Bertz CT molecular complexity index is 859. The van der Waals surface area contributed by atoms with Crippen LogP contribution in [0.15, 0.2) is 29.2 Å². The van der Waals surface area contributed by atoms with Crippen molar-refractivity contribution in [2.75, 3.05) is 19.6 Å². The zero-order valence-electron chi connectivity index (χ0n) is 17.2. The number of carbonyl (C=O) groups excluding carboxylic acids is 1. The Morgan fingerprint density at radius 1 is 1.17 bits per heavy atom. The number of morpholine rings is 1. The first-order valence-electron chi connectivity index (χ1n) is 10.0. The van der Waals surface area contributed by atoms with Crippen molar-refractivity contribution in [1.29, 1.82) is 0 Å². The first-order valence-corrected chi connectivity index (χ1v) is 11.5. The number of nitrogens with zero attached hydrogens (tertiary/aromatic N) is 2. The normalized spacial score (nSPS) is 24.5. The highest BCUT2D eigenvalue weighted by Gasteiger charge is 2.41. The van der Waals surface area contributed by atoms with Gasteiger partial charge in [0.1, 0.15) is 6.54 Å². The minimum absolute atomic E-state index is 0.00189. The van der Waals surface area contributed by atoms with Crippen LogP contribution in [0.2, 0.25) is 0 Å². The van der Waals surface area contributed by atoms with Crippen LogP contribution in [0, 0.1) is 5.92 Å². The summed E-state index contributed by atoms with van der Waals surface area (Å²) in [6, 6.07) is 4.60. The van der Waals surface area contributed by atoms with Gasteiger partial charge in [0.25, 0.3) is 5.91 Å². The van der Waals surface area contributed by atoms with Crippen LogP contribution in [-0.2, 0) is 14.8 Å². The van der Waals surface area contributed by atoms with Crippen LogP contribution < -0.4 is 0 Å². The number of alkyl halides is 3. The molecule has 10 heteroatoms. The predicted molar refractivity (Wildman–Crippen MR) is 104 cm³/mol. The van der Waals surface area contributed by atoms with E-state index < -0.39 is 34.7 Å². The number of ether oxygens (including phenoxy) is 1. The molecule has 0 aromatic heterocycles. The number of rotatable bonds is 6. The van der Waals surface area contributed by atoms with E-state index in [9.17, 15) is 26.4 Å². The lowest BCUT2D eigenvalue weighted by atomic mass is 10.1. The summed E-state index contributed by atoms with van der Waals surface area (Å²) in [6.07, 6.45) is -3.40. The van der Waals surface area contributed by atoms with Gasteiger partial charge in [0.15, 0.2) is 0 Å². The van der Waals surface area contributed by atoms with Gasteiger partial charge in [-0.3, -0.25) is 4.79 Å². The summed E-state index contributed by atoms with van der Waals surface area (Å²) in [5, 5.41) is 0. The van der Waals surface area contributed by atoms with Gasteiger partial charge >= 0.3 is 6.18 Å². The highest BCUT2D eigenvalue weighted by Crippen LogP contribution is 2.36.